The fourth-order valence-corrected chi connectivity index (χ4v) is 3.93. The van der Waals surface area contributed by atoms with Gasteiger partial charge < -0.3 is 5.73 Å². The molecule has 0 amide bonds. The molecule has 5 rings (SSSR count). The SMILES string of the molecule is Nc1nc(CN2CCN(Cc3ccn(-c4ccccc4)n3)CC2)nc2ccccc12. The number of fused-ring (bicyclic) bond motifs is 1. The van der Waals surface area contributed by atoms with Crippen molar-refractivity contribution in [1.82, 2.24) is 29.5 Å². The first-order valence-electron chi connectivity index (χ1n) is 10.3. The molecule has 2 N–H and O–H groups in total. The Morgan fingerprint density at radius 3 is 2.27 bits per heavy atom. The van der Waals surface area contributed by atoms with Crippen LogP contribution in [0.2, 0.25) is 0 Å². The van der Waals surface area contributed by atoms with E-state index in [4.69, 9.17) is 10.8 Å². The minimum atomic E-state index is 0.559. The van der Waals surface area contributed by atoms with Crippen LogP contribution < -0.4 is 5.73 Å². The Morgan fingerprint density at radius 2 is 1.47 bits per heavy atom. The lowest BCUT2D eigenvalue weighted by Crippen LogP contribution is -2.45. The molecule has 4 aromatic rings. The summed E-state index contributed by atoms with van der Waals surface area (Å²) in [6, 6.07) is 20.2. The number of nitrogens with two attached hydrogens (primary N) is 1. The number of benzene rings is 2. The Kier molecular flexibility index (Phi) is 5.13. The predicted molar refractivity (Wildman–Crippen MR) is 118 cm³/mol. The molecule has 30 heavy (non-hydrogen) atoms. The van der Waals surface area contributed by atoms with Crippen LogP contribution in [0.15, 0.2) is 66.9 Å². The topological polar surface area (TPSA) is 76.1 Å². The van der Waals surface area contributed by atoms with Gasteiger partial charge in [0.15, 0.2) is 0 Å². The average molecular weight is 400 g/mol. The summed E-state index contributed by atoms with van der Waals surface area (Å²) in [6.45, 7) is 5.56. The van der Waals surface area contributed by atoms with Crippen LogP contribution in [-0.2, 0) is 13.1 Å². The maximum Gasteiger partial charge on any atom is 0.145 e. The minimum absolute atomic E-state index is 0.559. The van der Waals surface area contributed by atoms with Crippen molar-refractivity contribution in [3.8, 4) is 5.69 Å². The zero-order valence-corrected chi connectivity index (χ0v) is 16.9. The van der Waals surface area contributed by atoms with Gasteiger partial charge in [-0.25, -0.2) is 14.6 Å². The van der Waals surface area contributed by atoms with E-state index in [1.165, 1.54) is 0 Å². The van der Waals surface area contributed by atoms with Gasteiger partial charge >= 0.3 is 0 Å². The molecule has 7 heteroatoms. The van der Waals surface area contributed by atoms with Gasteiger partial charge in [0.2, 0.25) is 0 Å². The summed E-state index contributed by atoms with van der Waals surface area (Å²) in [5.41, 5.74) is 9.22. The van der Waals surface area contributed by atoms with Crippen molar-refractivity contribution in [2.45, 2.75) is 13.1 Å². The second kappa shape index (κ2) is 8.22. The van der Waals surface area contributed by atoms with Crippen molar-refractivity contribution >= 4 is 16.7 Å². The number of aromatic nitrogens is 4. The highest BCUT2D eigenvalue weighted by Crippen LogP contribution is 2.18. The molecule has 7 nitrogen and oxygen atoms in total. The first-order valence-corrected chi connectivity index (χ1v) is 10.3. The molecule has 1 fully saturated rings. The average Bonchev–Trinajstić information content (AvgIpc) is 3.24. The third-order valence-corrected chi connectivity index (χ3v) is 5.56. The second-order valence-corrected chi connectivity index (χ2v) is 7.68. The zero-order valence-electron chi connectivity index (χ0n) is 16.9. The third kappa shape index (κ3) is 4.03. The highest BCUT2D eigenvalue weighted by atomic mass is 15.3. The molecule has 152 valence electrons. The van der Waals surface area contributed by atoms with E-state index >= 15 is 0 Å². The van der Waals surface area contributed by atoms with Crippen molar-refractivity contribution in [1.29, 1.82) is 0 Å². The highest BCUT2D eigenvalue weighted by molar-refractivity contribution is 5.87. The van der Waals surface area contributed by atoms with E-state index in [1.807, 2.05) is 53.3 Å². The van der Waals surface area contributed by atoms with Gasteiger partial charge in [-0.2, -0.15) is 5.10 Å². The molecule has 0 radical (unpaired) electrons. The molecule has 2 aromatic heterocycles. The van der Waals surface area contributed by atoms with Gasteiger partial charge in [0.1, 0.15) is 11.6 Å². The Labute approximate surface area is 175 Å². The fourth-order valence-electron chi connectivity index (χ4n) is 3.93. The lowest BCUT2D eigenvalue weighted by molar-refractivity contribution is 0.119. The Bertz CT molecular complexity index is 1130. The Morgan fingerprint density at radius 1 is 0.767 bits per heavy atom. The van der Waals surface area contributed by atoms with Gasteiger partial charge in [0.25, 0.3) is 0 Å². The molecule has 0 bridgehead atoms. The summed E-state index contributed by atoms with van der Waals surface area (Å²) in [7, 11) is 0. The largest absolute Gasteiger partial charge is 0.383 e. The molecule has 0 spiro atoms. The van der Waals surface area contributed by atoms with E-state index in [2.05, 4.69) is 38.0 Å². The molecule has 1 aliphatic heterocycles. The fraction of sp³-hybridized carbons (Fsp3) is 0.261. The highest BCUT2D eigenvalue weighted by Gasteiger charge is 2.19. The number of para-hydroxylation sites is 2. The van der Waals surface area contributed by atoms with Crippen LogP contribution in [0.1, 0.15) is 11.5 Å². The lowest BCUT2D eigenvalue weighted by Gasteiger charge is -2.33. The molecular formula is C23H25N7. The quantitative estimate of drug-likeness (QED) is 0.556. The summed E-state index contributed by atoms with van der Waals surface area (Å²) in [5, 5.41) is 5.65. The van der Waals surface area contributed by atoms with Crippen LogP contribution in [0.25, 0.3) is 16.6 Å². The maximum atomic E-state index is 6.13. The van der Waals surface area contributed by atoms with E-state index in [1.54, 1.807) is 0 Å². The maximum absolute atomic E-state index is 6.13. The molecule has 0 atom stereocenters. The second-order valence-electron chi connectivity index (χ2n) is 7.68. The minimum Gasteiger partial charge on any atom is -0.383 e. The molecule has 0 unspecified atom stereocenters. The van der Waals surface area contributed by atoms with Crippen LogP contribution in [-0.4, -0.2) is 55.7 Å². The van der Waals surface area contributed by atoms with Crippen molar-refractivity contribution < 1.29 is 0 Å². The summed E-state index contributed by atoms with van der Waals surface area (Å²) < 4.78 is 1.94. The first-order chi connectivity index (χ1) is 14.7. The van der Waals surface area contributed by atoms with Gasteiger partial charge in [0, 0.05) is 44.3 Å². The summed E-state index contributed by atoms with van der Waals surface area (Å²) in [4.78, 5) is 14.0. The van der Waals surface area contributed by atoms with Crippen LogP contribution in [0.3, 0.4) is 0 Å². The number of rotatable bonds is 5. The van der Waals surface area contributed by atoms with Gasteiger partial charge in [-0.15, -0.1) is 0 Å². The number of hydrogen-bond acceptors (Lipinski definition) is 6. The summed E-state index contributed by atoms with van der Waals surface area (Å²) in [6.07, 6.45) is 2.03. The number of hydrogen-bond donors (Lipinski definition) is 1. The van der Waals surface area contributed by atoms with Crippen molar-refractivity contribution in [3.05, 3.63) is 78.4 Å². The number of nitrogens with zero attached hydrogens (tertiary/aromatic N) is 6. The number of piperazine rings is 1. The van der Waals surface area contributed by atoms with E-state index in [9.17, 15) is 0 Å². The normalized spacial score (nSPS) is 15.6. The third-order valence-electron chi connectivity index (χ3n) is 5.56. The molecule has 3 heterocycles. The van der Waals surface area contributed by atoms with Crippen molar-refractivity contribution in [2.24, 2.45) is 0 Å². The Balaban J connectivity index is 1.18. The predicted octanol–water partition coefficient (Wildman–Crippen LogP) is 2.72. The van der Waals surface area contributed by atoms with Gasteiger partial charge in [-0.3, -0.25) is 9.80 Å². The summed E-state index contributed by atoms with van der Waals surface area (Å²) in [5.74, 6) is 1.35. The van der Waals surface area contributed by atoms with E-state index < -0.39 is 0 Å². The van der Waals surface area contributed by atoms with Crippen LogP contribution in [0.4, 0.5) is 5.82 Å². The molecule has 2 aromatic carbocycles. The molecule has 1 aliphatic rings. The molecule has 0 aliphatic carbocycles. The smallest absolute Gasteiger partial charge is 0.145 e. The van der Waals surface area contributed by atoms with Gasteiger partial charge in [0.05, 0.1) is 23.4 Å². The number of nitrogen functional groups attached to an aromatic ring is 1. The monoisotopic (exact) mass is 399 g/mol. The van der Waals surface area contributed by atoms with Crippen LogP contribution in [0, 0.1) is 0 Å². The standard InChI is InChI=1S/C23H25N7/c24-23-20-8-4-5-9-21(20)25-22(26-23)17-29-14-12-28(13-15-29)16-18-10-11-30(27-18)19-6-2-1-3-7-19/h1-11H,12-17H2,(H2,24,25,26). The Hall–Kier alpha value is -3.29. The van der Waals surface area contributed by atoms with E-state index in [-0.39, 0.29) is 0 Å². The molecule has 0 saturated carbocycles. The van der Waals surface area contributed by atoms with E-state index in [0.717, 1.165) is 67.4 Å². The molecular weight excluding hydrogens is 374 g/mol. The van der Waals surface area contributed by atoms with Gasteiger partial charge in [-0.05, 0) is 30.3 Å². The summed E-state index contributed by atoms with van der Waals surface area (Å²) >= 11 is 0. The van der Waals surface area contributed by atoms with Crippen LogP contribution >= 0.6 is 0 Å². The van der Waals surface area contributed by atoms with Gasteiger partial charge in [-0.1, -0.05) is 30.3 Å². The molecule has 1 saturated heterocycles. The lowest BCUT2D eigenvalue weighted by atomic mass is 10.2. The van der Waals surface area contributed by atoms with E-state index in [0.29, 0.717) is 5.82 Å². The van der Waals surface area contributed by atoms with Crippen molar-refractivity contribution in [2.75, 3.05) is 31.9 Å². The van der Waals surface area contributed by atoms with Crippen LogP contribution in [0.5, 0.6) is 0 Å². The first kappa shape index (κ1) is 18.7. The number of anilines is 1. The zero-order chi connectivity index (χ0) is 20.3. The van der Waals surface area contributed by atoms with Crippen molar-refractivity contribution in [3.63, 3.8) is 0 Å².